The Hall–Kier alpha value is -1.92. The lowest BCUT2D eigenvalue weighted by Gasteiger charge is -2.24. The Morgan fingerprint density at radius 3 is 2.84 bits per heavy atom. The van der Waals surface area contributed by atoms with Crippen LogP contribution in [0.15, 0.2) is 24.0 Å². The van der Waals surface area contributed by atoms with Gasteiger partial charge in [-0.2, -0.15) is 0 Å². The molecule has 1 aromatic heterocycles. The normalized spacial score (nSPS) is 22.8. The van der Waals surface area contributed by atoms with Crippen LogP contribution in [0.1, 0.15) is 11.1 Å². The van der Waals surface area contributed by atoms with Crippen molar-refractivity contribution in [2.24, 2.45) is 11.5 Å². The lowest BCUT2D eigenvalue weighted by molar-refractivity contribution is -0.117. The molecule has 2 atom stereocenters. The molecule has 6 N–H and O–H groups in total. The predicted octanol–water partition coefficient (Wildman–Crippen LogP) is -0.221. The topological polar surface area (TPSA) is 106 Å². The summed E-state index contributed by atoms with van der Waals surface area (Å²) in [5.74, 6) is 0.349. The Balaban J connectivity index is 2.07. The van der Waals surface area contributed by atoms with Gasteiger partial charge in [0.05, 0.1) is 6.04 Å². The molecule has 0 fully saturated rings. The average Bonchev–Trinajstić information content (AvgIpc) is 2.37. The van der Waals surface area contributed by atoms with Crippen molar-refractivity contribution in [3.8, 4) is 0 Å². The van der Waals surface area contributed by atoms with Gasteiger partial charge < -0.3 is 22.1 Å². The number of anilines is 1. The SMILES string of the molecule is Cc1cnc(NC(=O)C2C=C(N)C(N)CN2)cc1C. The van der Waals surface area contributed by atoms with Crippen LogP contribution in [0.2, 0.25) is 0 Å². The summed E-state index contributed by atoms with van der Waals surface area (Å²) < 4.78 is 0. The molecular formula is C13H19N5O. The molecule has 2 unspecified atom stereocenters. The lowest BCUT2D eigenvalue weighted by Crippen LogP contribution is -2.51. The molecular weight excluding hydrogens is 242 g/mol. The number of rotatable bonds is 2. The number of aryl methyl sites for hydroxylation is 2. The van der Waals surface area contributed by atoms with E-state index in [1.807, 2.05) is 19.9 Å². The smallest absolute Gasteiger partial charge is 0.246 e. The molecule has 1 aliphatic rings. The molecule has 0 saturated heterocycles. The average molecular weight is 261 g/mol. The number of hydrogen-bond acceptors (Lipinski definition) is 5. The fraction of sp³-hybridized carbons (Fsp3) is 0.385. The van der Waals surface area contributed by atoms with Crippen LogP contribution in [0.5, 0.6) is 0 Å². The zero-order chi connectivity index (χ0) is 14.0. The van der Waals surface area contributed by atoms with Gasteiger partial charge in [-0.1, -0.05) is 0 Å². The van der Waals surface area contributed by atoms with Gasteiger partial charge in [0, 0.05) is 18.4 Å². The second-order valence-corrected chi connectivity index (χ2v) is 4.80. The molecule has 0 bridgehead atoms. The molecule has 2 heterocycles. The van der Waals surface area contributed by atoms with Crippen molar-refractivity contribution in [1.29, 1.82) is 0 Å². The van der Waals surface area contributed by atoms with Crippen molar-refractivity contribution < 1.29 is 4.79 Å². The van der Waals surface area contributed by atoms with Crippen LogP contribution >= 0.6 is 0 Å². The largest absolute Gasteiger partial charge is 0.401 e. The van der Waals surface area contributed by atoms with Gasteiger partial charge in [-0.15, -0.1) is 0 Å². The number of nitrogens with one attached hydrogen (secondary N) is 2. The highest BCUT2D eigenvalue weighted by molar-refractivity contribution is 5.95. The quantitative estimate of drug-likeness (QED) is 0.589. The standard InChI is InChI=1S/C13H19N5O/c1-7-3-12(17-5-8(7)2)18-13(19)11-4-9(14)10(15)6-16-11/h3-5,10-11,16H,6,14-15H2,1-2H3,(H,17,18,19). The highest BCUT2D eigenvalue weighted by Crippen LogP contribution is 2.11. The summed E-state index contributed by atoms with van der Waals surface area (Å²) in [7, 11) is 0. The van der Waals surface area contributed by atoms with Crippen molar-refractivity contribution in [2.45, 2.75) is 25.9 Å². The fourth-order valence-electron chi connectivity index (χ4n) is 1.81. The molecule has 1 aromatic rings. The van der Waals surface area contributed by atoms with Crippen LogP contribution < -0.4 is 22.1 Å². The first-order chi connectivity index (χ1) is 8.97. The maximum absolute atomic E-state index is 12.1. The third kappa shape index (κ3) is 3.10. The molecule has 0 radical (unpaired) electrons. The van der Waals surface area contributed by atoms with E-state index in [-0.39, 0.29) is 11.9 Å². The minimum atomic E-state index is -0.469. The van der Waals surface area contributed by atoms with Gasteiger partial charge in [-0.05, 0) is 37.1 Å². The Morgan fingerprint density at radius 2 is 2.21 bits per heavy atom. The molecule has 19 heavy (non-hydrogen) atoms. The molecule has 1 aliphatic heterocycles. The van der Waals surface area contributed by atoms with Crippen LogP contribution in [-0.4, -0.2) is 29.5 Å². The van der Waals surface area contributed by atoms with Crippen LogP contribution in [0.25, 0.3) is 0 Å². The number of carbonyl (C=O) groups excluding carboxylic acids is 1. The Bertz CT molecular complexity index is 526. The van der Waals surface area contributed by atoms with Gasteiger partial charge in [-0.25, -0.2) is 4.98 Å². The highest BCUT2D eigenvalue weighted by Gasteiger charge is 2.23. The Labute approximate surface area is 112 Å². The minimum Gasteiger partial charge on any atom is -0.401 e. The van der Waals surface area contributed by atoms with E-state index in [0.29, 0.717) is 18.1 Å². The summed E-state index contributed by atoms with van der Waals surface area (Å²) in [6.45, 7) is 4.44. The van der Waals surface area contributed by atoms with Crippen molar-refractivity contribution in [3.63, 3.8) is 0 Å². The summed E-state index contributed by atoms with van der Waals surface area (Å²) in [5.41, 5.74) is 14.2. The van der Waals surface area contributed by atoms with Crippen molar-refractivity contribution in [1.82, 2.24) is 10.3 Å². The van der Waals surface area contributed by atoms with E-state index in [2.05, 4.69) is 15.6 Å². The zero-order valence-corrected chi connectivity index (χ0v) is 11.1. The van der Waals surface area contributed by atoms with Gasteiger partial charge >= 0.3 is 0 Å². The van der Waals surface area contributed by atoms with Gasteiger partial charge in [0.25, 0.3) is 0 Å². The maximum atomic E-state index is 12.1. The molecule has 0 saturated carbocycles. The summed E-state index contributed by atoms with van der Waals surface area (Å²) >= 11 is 0. The number of carbonyl (C=O) groups is 1. The molecule has 6 heteroatoms. The van der Waals surface area contributed by atoms with E-state index < -0.39 is 6.04 Å². The first-order valence-corrected chi connectivity index (χ1v) is 6.17. The zero-order valence-electron chi connectivity index (χ0n) is 11.1. The summed E-state index contributed by atoms with van der Waals surface area (Å²) in [6, 6.07) is 1.14. The van der Waals surface area contributed by atoms with E-state index in [1.165, 1.54) is 0 Å². The first-order valence-electron chi connectivity index (χ1n) is 6.17. The number of hydrogen-bond donors (Lipinski definition) is 4. The van der Waals surface area contributed by atoms with E-state index >= 15 is 0 Å². The summed E-state index contributed by atoms with van der Waals surface area (Å²) in [4.78, 5) is 16.2. The van der Waals surface area contributed by atoms with Crippen LogP contribution in [-0.2, 0) is 4.79 Å². The number of aromatic nitrogens is 1. The molecule has 2 rings (SSSR count). The van der Waals surface area contributed by atoms with Crippen molar-refractivity contribution in [3.05, 3.63) is 35.2 Å². The van der Waals surface area contributed by atoms with E-state index in [9.17, 15) is 4.79 Å². The van der Waals surface area contributed by atoms with Crippen molar-refractivity contribution in [2.75, 3.05) is 11.9 Å². The molecule has 0 spiro atoms. The third-order valence-electron chi connectivity index (χ3n) is 3.25. The van der Waals surface area contributed by atoms with Crippen LogP contribution in [0.3, 0.4) is 0 Å². The molecule has 102 valence electrons. The molecule has 1 amide bonds. The lowest BCUT2D eigenvalue weighted by atomic mass is 10.1. The molecule has 0 aliphatic carbocycles. The molecule has 0 aromatic carbocycles. The van der Waals surface area contributed by atoms with E-state index in [4.69, 9.17) is 11.5 Å². The first kappa shape index (κ1) is 13.5. The van der Waals surface area contributed by atoms with E-state index in [1.54, 1.807) is 12.3 Å². The van der Waals surface area contributed by atoms with Crippen molar-refractivity contribution >= 4 is 11.7 Å². The van der Waals surface area contributed by atoms with Crippen LogP contribution in [0.4, 0.5) is 5.82 Å². The number of amides is 1. The third-order valence-corrected chi connectivity index (χ3v) is 3.25. The van der Waals surface area contributed by atoms with Crippen LogP contribution in [0, 0.1) is 13.8 Å². The van der Waals surface area contributed by atoms with Gasteiger partial charge in [0.1, 0.15) is 11.9 Å². The fourth-order valence-corrected chi connectivity index (χ4v) is 1.81. The van der Waals surface area contributed by atoms with E-state index in [0.717, 1.165) is 11.1 Å². The summed E-state index contributed by atoms with van der Waals surface area (Å²) in [6.07, 6.45) is 3.38. The monoisotopic (exact) mass is 261 g/mol. The number of nitrogens with two attached hydrogens (primary N) is 2. The number of nitrogens with zero attached hydrogens (tertiary/aromatic N) is 1. The summed E-state index contributed by atoms with van der Waals surface area (Å²) in [5, 5.41) is 5.79. The minimum absolute atomic E-state index is 0.189. The van der Waals surface area contributed by atoms with Gasteiger partial charge in [-0.3, -0.25) is 4.79 Å². The second kappa shape index (κ2) is 5.38. The Morgan fingerprint density at radius 1 is 1.47 bits per heavy atom. The highest BCUT2D eigenvalue weighted by atomic mass is 16.2. The van der Waals surface area contributed by atoms with Gasteiger partial charge in [0.2, 0.25) is 5.91 Å². The predicted molar refractivity (Wildman–Crippen MR) is 74.4 cm³/mol. The molecule has 6 nitrogen and oxygen atoms in total. The Kier molecular flexibility index (Phi) is 3.82. The number of pyridine rings is 1. The maximum Gasteiger partial charge on any atom is 0.246 e. The van der Waals surface area contributed by atoms with Gasteiger partial charge in [0.15, 0.2) is 0 Å². The second-order valence-electron chi connectivity index (χ2n) is 4.80.